The van der Waals surface area contributed by atoms with E-state index < -0.39 is 0 Å². The van der Waals surface area contributed by atoms with Crippen LogP contribution in [0, 0.1) is 0 Å². The summed E-state index contributed by atoms with van der Waals surface area (Å²) in [6, 6.07) is 33.0. The molecule has 6 aromatic rings. The van der Waals surface area contributed by atoms with Gasteiger partial charge in [0.25, 0.3) is 0 Å². The Balaban J connectivity index is 1.67. The lowest BCUT2D eigenvalue weighted by atomic mass is 9.97. The first-order valence-corrected chi connectivity index (χ1v) is 10.9. The smallest absolute Gasteiger partial charge is 0.0433 e. The molecule has 0 spiro atoms. The first-order chi connectivity index (χ1) is 13.8. The van der Waals surface area contributed by atoms with Crippen LogP contribution in [-0.4, -0.2) is 0 Å². The summed E-state index contributed by atoms with van der Waals surface area (Å²) < 4.78 is 3.86. The molecular formula is C26H15BrS. The van der Waals surface area contributed by atoms with Gasteiger partial charge < -0.3 is 0 Å². The van der Waals surface area contributed by atoms with E-state index in [1.807, 2.05) is 11.3 Å². The molecule has 1 aromatic heterocycles. The molecule has 1 heterocycles. The van der Waals surface area contributed by atoms with Gasteiger partial charge in [-0.3, -0.25) is 0 Å². The molecule has 0 saturated carbocycles. The number of thiophene rings is 1. The minimum Gasteiger partial charge on any atom is -0.135 e. The van der Waals surface area contributed by atoms with Crippen LogP contribution in [0.5, 0.6) is 0 Å². The predicted octanol–water partition coefficient (Wildman–Crippen LogP) is 8.79. The van der Waals surface area contributed by atoms with Gasteiger partial charge in [-0.2, -0.15) is 0 Å². The number of benzene rings is 5. The van der Waals surface area contributed by atoms with Gasteiger partial charge >= 0.3 is 0 Å². The van der Waals surface area contributed by atoms with E-state index in [2.05, 4.69) is 107 Å². The summed E-state index contributed by atoms with van der Waals surface area (Å²) in [5, 5.41) is 7.87. The molecule has 6 rings (SSSR count). The molecule has 5 aromatic carbocycles. The van der Waals surface area contributed by atoms with E-state index in [1.54, 1.807) is 0 Å². The van der Waals surface area contributed by atoms with Gasteiger partial charge in [-0.15, -0.1) is 11.3 Å². The monoisotopic (exact) mass is 438 g/mol. The standard InChI is InChI=1S/C26H15BrS/c27-24-13-12-18(20-7-3-4-8-21(20)24)17-10-14-25-23(15-17)22-11-9-16-5-1-2-6-19(16)26(22)28-25/h1-15H. The Morgan fingerprint density at radius 2 is 1.36 bits per heavy atom. The van der Waals surface area contributed by atoms with Gasteiger partial charge in [0.05, 0.1) is 0 Å². The first kappa shape index (κ1) is 16.3. The van der Waals surface area contributed by atoms with Gasteiger partial charge in [-0.25, -0.2) is 0 Å². The lowest BCUT2D eigenvalue weighted by Crippen LogP contribution is -1.82. The zero-order chi connectivity index (χ0) is 18.7. The topological polar surface area (TPSA) is 0 Å². The fourth-order valence-electron chi connectivity index (χ4n) is 4.19. The van der Waals surface area contributed by atoms with E-state index >= 15 is 0 Å². The molecule has 0 aliphatic heterocycles. The number of hydrogen-bond acceptors (Lipinski definition) is 1. The van der Waals surface area contributed by atoms with Crippen LogP contribution in [0.3, 0.4) is 0 Å². The summed E-state index contributed by atoms with van der Waals surface area (Å²) >= 11 is 5.59. The fraction of sp³-hybridized carbons (Fsp3) is 0. The maximum Gasteiger partial charge on any atom is 0.0433 e. The molecule has 0 nitrogen and oxygen atoms in total. The van der Waals surface area contributed by atoms with E-state index in [4.69, 9.17) is 0 Å². The summed E-state index contributed by atoms with van der Waals surface area (Å²) in [7, 11) is 0. The molecule has 0 aliphatic carbocycles. The summed E-state index contributed by atoms with van der Waals surface area (Å²) in [4.78, 5) is 0. The molecule has 132 valence electrons. The second-order valence-electron chi connectivity index (χ2n) is 7.12. The fourth-order valence-corrected chi connectivity index (χ4v) is 5.88. The zero-order valence-electron chi connectivity index (χ0n) is 14.9. The first-order valence-electron chi connectivity index (χ1n) is 9.31. The zero-order valence-corrected chi connectivity index (χ0v) is 17.3. The van der Waals surface area contributed by atoms with Crippen molar-refractivity contribution in [2.75, 3.05) is 0 Å². The van der Waals surface area contributed by atoms with Gasteiger partial charge in [0.1, 0.15) is 0 Å². The average Bonchev–Trinajstić information content (AvgIpc) is 3.13. The molecule has 0 aliphatic rings. The van der Waals surface area contributed by atoms with E-state index in [1.165, 1.54) is 52.8 Å². The van der Waals surface area contributed by atoms with Crippen LogP contribution < -0.4 is 0 Å². The third-order valence-corrected chi connectivity index (χ3v) is 7.45. The lowest BCUT2D eigenvalue weighted by Gasteiger charge is -2.09. The number of hydrogen-bond donors (Lipinski definition) is 0. The molecule has 0 saturated heterocycles. The van der Waals surface area contributed by atoms with Crippen molar-refractivity contribution in [1.82, 2.24) is 0 Å². The molecule has 28 heavy (non-hydrogen) atoms. The Labute approximate surface area is 175 Å². The van der Waals surface area contributed by atoms with Crippen molar-refractivity contribution in [3.63, 3.8) is 0 Å². The lowest BCUT2D eigenvalue weighted by molar-refractivity contribution is 1.67. The summed E-state index contributed by atoms with van der Waals surface area (Å²) in [5.41, 5.74) is 2.55. The van der Waals surface area contributed by atoms with Gasteiger partial charge in [0, 0.05) is 24.6 Å². The molecule has 0 unspecified atom stereocenters. The van der Waals surface area contributed by atoms with E-state index in [0.717, 1.165) is 4.47 Å². The summed E-state index contributed by atoms with van der Waals surface area (Å²) in [6.07, 6.45) is 0. The maximum atomic E-state index is 3.69. The van der Waals surface area contributed by atoms with Gasteiger partial charge in [-0.05, 0) is 50.9 Å². The Kier molecular flexibility index (Phi) is 3.59. The molecule has 0 amide bonds. The molecule has 2 heteroatoms. The quantitative estimate of drug-likeness (QED) is 0.240. The Bertz CT molecular complexity index is 1520. The highest BCUT2D eigenvalue weighted by Gasteiger charge is 2.11. The third kappa shape index (κ3) is 2.35. The number of halogens is 1. The Morgan fingerprint density at radius 3 is 2.25 bits per heavy atom. The van der Waals surface area contributed by atoms with Crippen LogP contribution in [0.2, 0.25) is 0 Å². The third-order valence-electron chi connectivity index (χ3n) is 5.54. The van der Waals surface area contributed by atoms with Crippen LogP contribution in [-0.2, 0) is 0 Å². The van der Waals surface area contributed by atoms with Crippen LogP contribution >= 0.6 is 27.3 Å². The molecular weight excluding hydrogens is 424 g/mol. The number of fused-ring (bicyclic) bond motifs is 6. The van der Waals surface area contributed by atoms with E-state index in [-0.39, 0.29) is 0 Å². The van der Waals surface area contributed by atoms with Crippen molar-refractivity contribution < 1.29 is 0 Å². The molecule has 0 fully saturated rings. The largest absolute Gasteiger partial charge is 0.135 e. The van der Waals surface area contributed by atoms with E-state index in [9.17, 15) is 0 Å². The van der Waals surface area contributed by atoms with Crippen LogP contribution in [0.1, 0.15) is 0 Å². The highest BCUT2D eigenvalue weighted by atomic mass is 79.9. The van der Waals surface area contributed by atoms with Crippen molar-refractivity contribution in [3.05, 3.63) is 95.5 Å². The highest BCUT2D eigenvalue weighted by molar-refractivity contribution is 9.10. The Hall–Kier alpha value is -2.68. The van der Waals surface area contributed by atoms with Crippen molar-refractivity contribution in [2.24, 2.45) is 0 Å². The SMILES string of the molecule is Brc1ccc(-c2ccc3sc4c5ccccc5ccc4c3c2)c2ccccc12. The molecule has 0 bridgehead atoms. The summed E-state index contributed by atoms with van der Waals surface area (Å²) in [5.74, 6) is 0. The predicted molar refractivity (Wildman–Crippen MR) is 127 cm³/mol. The Morgan fingerprint density at radius 1 is 0.571 bits per heavy atom. The average molecular weight is 439 g/mol. The van der Waals surface area contributed by atoms with E-state index in [0.29, 0.717) is 0 Å². The van der Waals surface area contributed by atoms with Gasteiger partial charge in [0.15, 0.2) is 0 Å². The van der Waals surface area contributed by atoms with Crippen LogP contribution in [0.15, 0.2) is 95.5 Å². The van der Waals surface area contributed by atoms with Crippen molar-refractivity contribution in [1.29, 1.82) is 0 Å². The van der Waals surface area contributed by atoms with Crippen molar-refractivity contribution in [2.45, 2.75) is 0 Å². The second-order valence-corrected chi connectivity index (χ2v) is 9.02. The van der Waals surface area contributed by atoms with Gasteiger partial charge in [0.2, 0.25) is 0 Å². The van der Waals surface area contributed by atoms with Crippen LogP contribution in [0.4, 0.5) is 0 Å². The minimum absolute atomic E-state index is 1.14. The van der Waals surface area contributed by atoms with Crippen molar-refractivity contribution in [3.8, 4) is 11.1 Å². The van der Waals surface area contributed by atoms with Crippen LogP contribution in [0.25, 0.3) is 52.8 Å². The normalized spacial score (nSPS) is 11.8. The highest BCUT2D eigenvalue weighted by Crippen LogP contribution is 2.41. The van der Waals surface area contributed by atoms with Crippen molar-refractivity contribution >= 4 is 69.0 Å². The van der Waals surface area contributed by atoms with Gasteiger partial charge in [-0.1, -0.05) is 88.7 Å². The number of rotatable bonds is 1. The molecule has 0 atom stereocenters. The maximum absolute atomic E-state index is 3.69. The second kappa shape index (κ2) is 6.16. The summed E-state index contributed by atoms with van der Waals surface area (Å²) in [6.45, 7) is 0. The molecule has 0 N–H and O–H groups in total. The minimum atomic E-state index is 1.14. The molecule has 0 radical (unpaired) electrons.